The van der Waals surface area contributed by atoms with Crippen LogP contribution in [0.4, 0.5) is 0 Å². The summed E-state index contributed by atoms with van der Waals surface area (Å²) >= 11 is 0. The minimum absolute atomic E-state index is 0.0715. The van der Waals surface area contributed by atoms with Crippen molar-refractivity contribution in [1.29, 1.82) is 0 Å². The molecule has 1 heterocycles. The summed E-state index contributed by atoms with van der Waals surface area (Å²) in [7, 11) is 1.52. The highest BCUT2D eigenvalue weighted by Gasteiger charge is 2.11. The second-order valence-corrected chi connectivity index (χ2v) is 5.18. The molecule has 0 saturated heterocycles. The number of nitrogens with zero attached hydrogens (tertiary/aromatic N) is 2. The molecule has 0 aliphatic heterocycles. The van der Waals surface area contributed by atoms with Crippen molar-refractivity contribution in [1.82, 2.24) is 9.13 Å². The lowest BCUT2D eigenvalue weighted by molar-refractivity contribution is 0.154. The molecular formula is C16H20N2O3. The molecule has 1 atom stereocenters. The highest BCUT2D eigenvalue weighted by atomic mass is 16.3. The fourth-order valence-electron chi connectivity index (χ4n) is 2.22. The first-order chi connectivity index (χ1) is 10.0. The minimum Gasteiger partial charge on any atom is -0.387 e. The first-order valence-electron chi connectivity index (χ1n) is 7.06. The summed E-state index contributed by atoms with van der Waals surface area (Å²) in [6, 6.07) is 7.69. The molecule has 2 rings (SSSR count). The molecule has 1 aromatic heterocycles. The molecule has 2 aromatic rings. The molecule has 1 unspecified atom stereocenters. The monoisotopic (exact) mass is 288 g/mol. The van der Waals surface area contributed by atoms with Gasteiger partial charge in [0.1, 0.15) is 0 Å². The molecule has 1 N–H and O–H groups in total. The van der Waals surface area contributed by atoms with E-state index in [4.69, 9.17) is 0 Å². The molecule has 0 fully saturated rings. The van der Waals surface area contributed by atoms with E-state index in [2.05, 4.69) is 6.92 Å². The summed E-state index contributed by atoms with van der Waals surface area (Å²) in [4.78, 5) is 23.4. The van der Waals surface area contributed by atoms with Gasteiger partial charge in [-0.05, 0) is 17.5 Å². The zero-order valence-electron chi connectivity index (χ0n) is 12.3. The molecule has 1 aromatic carbocycles. The summed E-state index contributed by atoms with van der Waals surface area (Å²) in [6.45, 7) is 2.19. The average molecular weight is 288 g/mol. The van der Waals surface area contributed by atoms with Gasteiger partial charge in [-0.3, -0.25) is 9.59 Å². The largest absolute Gasteiger partial charge is 0.387 e. The standard InChI is InChI=1S/C16H20N2O3/c1-3-4-12-5-7-13(8-6-12)14(19)11-18-10-9-17(2)15(20)16(18)21/h5-10,14,19H,3-4,11H2,1-2H3. The van der Waals surface area contributed by atoms with Crippen molar-refractivity contribution >= 4 is 0 Å². The van der Waals surface area contributed by atoms with Crippen molar-refractivity contribution in [2.75, 3.05) is 0 Å². The number of rotatable bonds is 5. The van der Waals surface area contributed by atoms with E-state index in [0.29, 0.717) is 0 Å². The summed E-state index contributed by atoms with van der Waals surface area (Å²) in [5.41, 5.74) is 0.742. The highest BCUT2D eigenvalue weighted by Crippen LogP contribution is 2.15. The van der Waals surface area contributed by atoms with Crippen LogP contribution in [0.2, 0.25) is 0 Å². The van der Waals surface area contributed by atoms with E-state index in [1.165, 1.54) is 34.1 Å². The van der Waals surface area contributed by atoms with Gasteiger partial charge in [0.05, 0.1) is 12.6 Å². The Kier molecular flexibility index (Phi) is 4.75. The molecule has 0 bridgehead atoms. The molecule has 0 spiro atoms. The summed E-state index contributed by atoms with van der Waals surface area (Å²) < 4.78 is 2.47. The van der Waals surface area contributed by atoms with Crippen molar-refractivity contribution < 1.29 is 5.11 Å². The van der Waals surface area contributed by atoms with E-state index in [-0.39, 0.29) is 6.54 Å². The van der Waals surface area contributed by atoms with Gasteiger partial charge >= 0.3 is 11.1 Å². The fraction of sp³-hybridized carbons (Fsp3) is 0.375. The molecule has 0 amide bonds. The maximum absolute atomic E-state index is 11.8. The Morgan fingerprint density at radius 1 is 1.10 bits per heavy atom. The topological polar surface area (TPSA) is 64.2 Å². The van der Waals surface area contributed by atoms with Crippen LogP contribution < -0.4 is 11.1 Å². The minimum atomic E-state index is -0.814. The van der Waals surface area contributed by atoms with Gasteiger partial charge in [0, 0.05) is 19.4 Å². The Morgan fingerprint density at radius 2 is 1.76 bits per heavy atom. The Bertz CT molecular complexity index is 714. The fourth-order valence-corrected chi connectivity index (χ4v) is 2.22. The van der Waals surface area contributed by atoms with Gasteiger partial charge in [-0.25, -0.2) is 0 Å². The Labute approximate surface area is 123 Å². The van der Waals surface area contributed by atoms with E-state index in [1.807, 2.05) is 24.3 Å². The van der Waals surface area contributed by atoms with Crippen LogP contribution in [-0.2, 0) is 20.0 Å². The third kappa shape index (κ3) is 3.49. The van der Waals surface area contributed by atoms with Gasteiger partial charge in [-0.15, -0.1) is 0 Å². The van der Waals surface area contributed by atoms with E-state index < -0.39 is 17.2 Å². The Hall–Kier alpha value is -2.14. The van der Waals surface area contributed by atoms with E-state index in [1.54, 1.807) is 0 Å². The number of aliphatic hydroxyl groups is 1. The van der Waals surface area contributed by atoms with Crippen LogP contribution in [0.3, 0.4) is 0 Å². The molecule has 21 heavy (non-hydrogen) atoms. The number of hydrogen-bond acceptors (Lipinski definition) is 3. The van der Waals surface area contributed by atoms with Crippen LogP contribution in [-0.4, -0.2) is 14.2 Å². The molecule has 112 valence electrons. The van der Waals surface area contributed by atoms with E-state index >= 15 is 0 Å². The van der Waals surface area contributed by atoms with Crippen LogP contribution in [0.1, 0.15) is 30.6 Å². The molecular weight excluding hydrogens is 268 g/mol. The van der Waals surface area contributed by atoms with Crippen molar-refractivity contribution in [2.24, 2.45) is 7.05 Å². The van der Waals surface area contributed by atoms with Crippen LogP contribution in [0.15, 0.2) is 46.2 Å². The third-order valence-electron chi connectivity index (χ3n) is 3.51. The smallest absolute Gasteiger partial charge is 0.316 e. The zero-order valence-corrected chi connectivity index (χ0v) is 12.3. The number of aromatic nitrogens is 2. The zero-order chi connectivity index (χ0) is 15.4. The summed E-state index contributed by atoms with van der Waals surface area (Å²) in [5, 5.41) is 10.2. The van der Waals surface area contributed by atoms with Gasteiger partial charge in [0.25, 0.3) is 0 Å². The first kappa shape index (κ1) is 15.3. The van der Waals surface area contributed by atoms with Gasteiger partial charge < -0.3 is 14.2 Å². The van der Waals surface area contributed by atoms with Crippen LogP contribution in [0.5, 0.6) is 0 Å². The third-order valence-corrected chi connectivity index (χ3v) is 3.51. The van der Waals surface area contributed by atoms with Gasteiger partial charge in [-0.1, -0.05) is 37.6 Å². The van der Waals surface area contributed by atoms with Gasteiger partial charge in [-0.2, -0.15) is 0 Å². The average Bonchev–Trinajstić information content (AvgIpc) is 2.49. The number of aliphatic hydroxyl groups excluding tert-OH is 1. The van der Waals surface area contributed by atoms with Gasteiger partial charge in [0.15, 0.2) is 0 Å². The van der Waals surface area contributed by atoms with Crippen molar-refractivity contribution in [2.45, 2.75) is 32.4 Å². The second-order valence-electron chi connectivity index (χ2n) is 5.18. The second kappa shape index (κ2) is 6.54. The van der Waals surface area contributed by atoms with Gasteiger partial charge in [0.2, 0.25) is 0 Å². The predicted molar refractivity (Wildman–Crippen MR) is 81.3 cm³/mol. The first-order valence-corrected chi connectivity index (χ1v) is 7.06. The SMILES string of the molecule is CCCc1ccc(C(O)Cn2ccn(C)c(=O)c2=O)cc1. The number of aryl methyl sites for hydroxylation is 2. The lowest BCUT2D eigenvalue weighted by atomic mass is 10.0. The van der Waals surface area contributed by atoms with Crippen molar-refractivity contribution in [3.05, 3.63) is 68.5 Å². The van der Waals surface area contributed by atoms with Crippen LogP contribution in [0, 0.1) is 0 Å². The van der Waals surface area contributed by atoms with Crippen LogP contribution >= 0.6 is 0 Å². The summed E-state index contributed by atoms with van der Waals surface area (Å²) in [6.07, 6.45) is 4.29. The van der Waals surface area contributed by atoms with Crippen molar-refractivity contribution in [3.8, 4) is 0 Å². The maximum Gasteiger partial charge on any atom is 0.316 e. The lowest BCUT2D eigenvalue weighted by Gasteiger charge is -2.13. The highest BCUT2D eigenvalue weighted by molar-refractivity contribution is 5.24. The molecule has 0 aliphatic carbocycles. The Balaban J connectivity index is 2.18. The number of hydrogen-bond donors (Lipinski definition) is 1. The maximum atomic E-state index is 11.8. The molecule has 0 saturated carbocycles. The predicted octanol–water partition coefficient (Wildman–Crippen LogP) is 1.23. The molecule has 0 aliphatic rings. The lowest BCUT2D eigenvalue weighted by Crippen LogP contribution is -2.40. The quantitative estimate of drug-likeness (QED) is 0.842. The summed E-state index contributed by atoms with van der Waals surface area (Å²) in [5.74, 6) is 0. The van der Waals surface area contributed by atoms with E-state index in [9.17, 15) is 14.7 Å². The molecule has 5 nitrogen and oxygen atoms in total. The molecule has 5 heteroatoms. The normalized spacial score (nSPS) is 12.3. The van der Waals surface area contributed by atoms with Crippen LogP contribution in [0.25, 0.3) is 0 Å². The van der Waals surface area contributed by atoms with Crippen molar-refractivity contribution in [3.63, 3.8) is 0 Å². The molecule has 0 radical (unpaired) electrons. The number of benzene rings is 1. The Morgan fingerprint density at radius 3 is 2.38 bits per heavy atom. The van der Waals surface area contributed by atoms with E-state index in [0.717, 1.165) is 18.4 Å².